The van der Waals surface area contributed by atoms with E-state index >= 15 is 0 Å². The van der Waals surface area contributed by atoms with Gasteiger partial charge in [-0.05, 0) is 25.5 Å². The zero-order chi connectivity index (χ0) is 16.8. The quantitative estimate of drug-likeness (QED) is 0.420. The highest BCUT2D eigenvalue weighted by atomic mass is 32.2. The van der Waals surface area contributed by atoms with Crippen molar-refractivity contribution in [1.82, 2.24) is 14.8 Å². The van der Waals surface area contributed by atoms with Crippen LogP contribution in [0.1, 0.15) is 23.7 Å². The van der Waals surface area contributed by atoms with Gasteiger partial charge in [-0.2, -0.15) is 0 Å². The number of halogens is 2. The Labute approximate surface area is 137 Å². The van der Waals surface area contributed by atoms with Crippen LogP contribution in [0.5, 0.6) is 0 Å². The number of carbonyl (C=O) groups is 1. The zero-order valence-electron chi connectivity index (χ0n) is 12.8. The number of ketones is 1. The molecule has 1 aromatic carbocycles. The molecule has 2 rings (SSSR count). The van der Waals surface area contributed by atoms with Gasteiger partial charge in [-0.1, -0.05) is 11.8 Å². The Kier molecular flexibility index (Phi) is 6.23. The number of ether oxygens (including phenoxy) is 1. The maximum atomic E-state index is 13.7. The molecule has 2 aromatic rings. The monoisotopic (exact) mass is 341 g/mol. The molecule has 0 aliphatic heterocycles. The standard InChI is InChI=1S/C15H17F2N3O2S/c1-10(14(21)12-5-4-11(16)8-13(12)17)23-15-19-18-9-20(15)6-3-7-22-2/h4-5,8-10H,3,6-7H2,1-2H3. The molecule has 0 bridgehead atoms. The molecule has 0 aliphatic rings. The Hall–Kier alpha value is -1.80. The van der Waals surface area contributed by atoms with Gasteiger partial charge in [-0.15, -0.1) is 10.2 Å². The first-order valence-electron chi connectivity index (χ1n) is 7.05. The summed E-state index contributed by atoms with van der Waals surface area (Å²) in [4.78, 5) is 12.3. The summed E-state index contributed by atoms with van der Waals surface area (Å²) < 4.78 is 33.4. The lowest BCUT2D eigenvalue weighted by molar-refractivity contribution is 0.0990. The predicted octanol–water partition coefficient (Wildman–Crippen LogP) is 2.96. The van der Waals surface area contributed by atoms with Crippen molar-refractivity contribution in [3.8, 4) is 0 Å². The average Bonchev–Trinajstić information content (AvgIpc) is 2.94. The van der Waals surface area contributed by atoms with Crippen LogP contribution in [0.3, 0.4) is 0 Å². The summed E-state index contributed by atoms with van der Waals surface area (Å²) in [6.07, 6.45) is 2.37. The van der Waals surface area contributed by atoms with Crippen LogP contribution < -0.4 is 0 Å². The summed E-state index contributed by atoms with van der Waals surface area (Å²) in [6, 6.07) is 2.94. The van der Waals surface area contributed by atoms with E-state index in [4.69, 9.17) is 4.74 Å². The van der Waals surface area contributed by atoms with E-state index < -0.39 is 22.7 Å². The third-order valence-electron chi connectivity index (χ3n) is 3.18. The molecule has 1 heterocycles. The van der Waals surface area contributed by atoms with Crippen molar-refractivity contribution in [1.29, 1.82) is 0 Å². The number of nitrogens with zero attached hydrogens (tertiary/aromatic N) is 3. The number of methoxy groups -OCH3 is 1. The number of hydrogen-bond donors (Lipinski definition) is 0. The van der Waals surface area contributed by atoms with E-state index in [9.17, 15) is 13.6 Å². The first kappa shape index (κ1) is 17.6. The first-order valence-corrected chi connectivity index (χ1v) is 7.93. The predicted molar refractivity (Wildman–Crippen MR) is 82.5 cm³/mol. The molecule has 0 amide bonds. The van der Waals surface area contributed by atoms with Crippen molar-refractivity contribution in [2.75, 3.05) is 13.7 Å². The van der Waals surface area contributed by atoms with Crippen LogP contribution >= 0.6 is 11.8 Å². The highest BCUT2D eigenvalue weighted by Gasteiger charge is 2.22. The Balaban J connectivity index is 2.05. The Morgan fingerprint density at radius 2 is 2.22 bits per heavy atom. The van der Waals surface area contributed by atoms with Gasteiger partial charge in [0.05, 0.1) is 10.8 Å². The van der Waals surface area contributed by atoms with Crippen molar-refractivity contribution in [2.45, 2.75) is 30.3 Å². The third kappa shape index (κ3) is 4.59. The number of thioether (sulfide) groups is 1. The Bertz CT molecular complexity index is 678. The van der Waals surface area contributed by atoms with Crippen molar-refractivity contribution in [3.05, 3.63) is 41.7 Å². The lowest BCUT2D eigenvalue weighted by Crippen LogP contribution is -2.16. The molecule has 8 heteroatoms. The van der Waals surface area contributed by atoms with Crippen LogP contribution in [-0.4, -0.2) is 39.5 Å². The molecule has 0 N–H and O–H groups in total. The largest absolute Gasteiger partial charge is 0.385 e. The number of Topliss-reactive ketones (excluding diaryl/α,β-unsaturated/α-hetero) is 1. The second kappa shape index (κ2) is 8.16. The van der Waals surface area contributed by atoms with E-state index in [2.05, 4.69) is 10.2 Å². The minimum absolute atomic E-state index is 0.128. The SMILES string of the molecule is COCCCn1cnnc1SC(C)C(=O)c1ccc(F)cc1F. The molecular formula is C15H17F2N3O2S. The van der Waals surface area contributed by atoms with Gasteiger partial charge in [0.15, 0.2) is 10.9 Å². The second-order valence-corrected chi connectivity index (χ2v) is 6.21. The maximum absolute atomic E-state index is 13.7. The number of aromatic nitrogens is 3. The lowest BCUT2D eigenvalue weighted by atomic mass is 10.1. The molecule has 0 fully saturated rings. The summed E-state index contributed by atoms with van der Waals surface area (Å²) in [5.41, 5.74) is -0.128. The molecule has 1 unspecified atom stereocenters. The molecule has 23 heavy (non-hydrogen) atoms. The highest BCUT2D eigenvalue weighted by Crippen LogP contribution is 2.25. The summed E-state index contributed by atoms with van der Waals surface area (Å²) in [5.74, 6) is -1.99. The maximum Gasteiger partial charge on any atom is 0.191 e. The summed E-state index contributed by atoms with van der Waals surface area (Å²) in [6.45, 7) is 2.93. The molecule has 0 radical (unpaired) electrons. The fourth-order valence-electron chi connectivity index (χ4n) is 1.99. The fraction of sp³-hybridized carbons (Fsp3) is 0.400. The minimum atomic E-state index is -0.857. The molecule has 124 valence electrons. The van der Waals surface area contributed by atoms with E-state index in [-0.39, 0.29) is 5.56 Å². The van der Waals surface area contributed by atoms with Gasteiger partial charge in [0.1, 0.15) is 18.0 Å². The van der Waals surface area contributed by atoms with Gasteiger partial charge in [0.2, 0.25) is 0 Å². The molecule has 0 saturated heterocycles. The van der Waals surface area contributed by atoms with E-state index in [1.807, 2.05) is 4.57 Å². The van der Waals surface area contributed by atoms with E-state index in [1.165, 1.54) is 11.8 Å². The molecule has 0 spiro atoms. The number of carbonyl (C=O) groups excluding carboxylic acids is 1. The van der Waals surface area contributed by atoms with E-state index in [0.717, 1.165) is 18.6 Å². The average molecular weight is 341 g/mol. The molecule has 1 atom stereocenters. The van der Waals surface area contributed by atoms with Crippen LogP contribution in [0.25, 0.3) is 0 Å². The lowest BCUT2D eigenvalue weighted by Gasteiger charge is -2.11. The molecule has 0 saturated carbocycles. The van der Waals surface area contributed by atoms with Crippen molar-refractivity contribution < 1.29 is 18.3 Å². The van der Waals surface area contributed by atoms with Gasteiger partial charge in [0, 0.05) is 26.3 Å². The van der Waals surface area contributed by atoms with Crippen LogP contribution in [0.4, 0.5) is 8.78 Å². The Morgan fingerprint density at radius 1 is 1.43 bits per heavy atom. The number of aryl methyl sites for hydroxylation is 1. The van der Waals surface area contributed by atoms with Gasteiger partial charge in [0.25, 0.3) is 0 Å². The molecular weight excluding hydrogens is 324 g/mol. The summed E-state index contributed by atoms with van der Waals surface area (Å²) in [7, 11) is 1.62. The molecule has 0 aliphatic carbocycles. The van der Waals surface area contributed by atoms with E-state index in [1.54, 1.807) is 20.4 Å². The Morgan fingerprint density at radius 3 is 2.91 bits per heavy atom. The highest BCUT2D eigenvalue weighted by molar-refractivity contribution is 8.00. The van der Waals surface area contributed by atoms with Crippen LogP contribution in [0.15, 0.2) is 29.7 Å². The van der Waals surface area contributed by atoms with Gasteiger partial charge in [-0.3, -0.25) is 4.79 Å². The van der Waals surface area contributed by atoms with Crippen LogP contribution in [0, 0.1) is 11.6 Å². The first-order chi connectivity index (χ1) is 11.0. The van der Waals surface area contributed by atoms with Crippen LogP contribution in [0.2, 0.25) is 0 Å². The third-order valence-corrected chi connectivity index (χ3v) is 4.27. The smallest absolute Gasteiger partial charge is 0.191 e. The zero-order valence-corrected chi connectivity index (χ0v) is 13.6. The second-order valence-electron chi connectivity index (χ2n) is 4.90. The van der Waals surface area contributed by atoms with Crippen LogP contribution in [-0.2, 0) is 11.3 Å². The number of hydrogen-bond acceptors (Lipinski definition) is 5. The van der Waals surface area contributed by atoms with Crippen molar-refractivity contribution >= 4 is 17.5 Å². The summed E-state index contributed by atoms with van der Waals surface area (Å²) in [5, 5.41) is 7.81. The number of benzene rings is 1. The summed E-state index contributed by atoms with van der Waals surface area (Å²) >= 11 is 1.19. The van der Waals surface area contributed by atoms with Gasteiger partial charge >= 0.3 is 0 Å². The van der Waals surface area contributed by atoms with Crippen molar-refractivity contribution in [2.24, 2.45) is 0 Å². The minimum Gasteiger partial charge on any atom is -0.385 e. The number of rotatable bonds is 8. The molecule has 5 nitrogen and oxygen atoms in total. The van der Waals surface area contributed by atoms with Gasteiger partial charge < -0.3 is 9.30 Å². The fourth-order valence-corrected chi connectivity index (χ4v) is 2.91. The molecule has 1 aromatic heterocycles. The normalized spacial score (nSPS) is 12.3. The van der Waals surface area contributed by atoms with Gasteiger partial charge in [-0.25, -0.2) is 8.78 Å². The van der Waals surface area contributed by atoms with Crippen molar-refractivity contribution in [3.63, 3.8) is 0 Å². The topological polar surface area (TPSA) is 57.0 Å². The van der Waals surface area contributed by atoms with E-state index in [0.29, 0.717) is 24.4 Å².